The van der Waals surface area contributed by atoms with Crippen LogP contribution >= 0.6 is 11.3 Å². The maximum absolute atomic E-state index is 12.1. The number of thiophene rings is 1. The molecule has 2 aromatic heterocycles. The van der Waals surface area contributed by atoms with Crippen LogP contribution in [0.2, 0.25) is 0 Å². The highest BCUT2D eigenvalue weighted by molar-refractivity contribution is 7.07. The third kappa shape index (κ3) is 4.41. The molecule has 0 aliphatic carbocycles. The van der Waals surface area contributed by atoms with E-state index in [1.807, 2.05) is 35.4 Å². The lowest BCUT2D eigenvalue weighted by Gasteiger charge is -2.23. The van der Waals surface area contributed by atoms with E-state index >= 15 is 0 Å². The van der Waals surface area contributed by atoms with Crippen molar-refractivity contribution in [3.8, 4) is 0 Å². The highest BCUT2D eigenvalue weighted by Crippen LogP contribution is 2.10. The smallest absolute Gasteiger partial charge is 0.236 e. The molecule has 2 aromatic rings. The molecule has 21 heavy (non-hydrogen) atoms. The molecule has 0 spiro atoms. The molecule has 0 saturated carbocycles. The molecule has 5 nitrogen and oxygen atoms in total. The molecule has 0 saturated heterocycles. The van der Waals surface area contributed by atoms with E-state index in [2.05, 4.69) is 29.6 Å². The predicted molar refractivity (Wildman–Crippen MR) is 85.2 cm³/mol. The standard InChI is InChI=1S/C15H22N4OS/c1-12(13(2)19-7-4-6-17-19)16-9-15(20)18(3)10-14-5-8-21-11-14/h4-8,11-13,16H,9-10H2,1-3H3. The highest BCUT2D eigenvalue weighted by Gasteiger charge is 2.16. The Morgan fingerprint density at radius 3 is 2.95 bits per heavy atom. The summed E-state index contributed by atoms with van der Waals surface area (Å²) in [6.07, 6.45) is 3.70. The van der Waals surface area contributed by atoms with Gasteiger partial charge >= 0.3 is 0 Å². The fraction of sp³-hybridized carbons (Fsp3) is 0.467. The van der Waals surface area contributed by atoms with Crippen LogP contribution < -0.4 is 5.32 Å². The summed E-state index contributed by atoms with van der Waals surface area (Å²) in [4.78, 5) is 13.9. The topological polar surface area (TPSA) is 50.2 Å². The normalized spacial score (nSPS) is 13.9. The second-order valence-corrected chi connectivity index (χ2v) is 6.06. The Morgan fingerprint density at radius 2 is 2.33 bits per heavy atom. The fourth-order valence-corrected chi connectivity index (χ4v) is 2.71. The van der Waals surface area contributed by atoms with Crippen LogP contribution in [-0.4, -0.2) is 40.2 Å². The van der Waals surface area contributed by atoms with Gasteiger partial charge in [0.15, 0.2) is 0 Å². The molecule has 0 bridgehead atoms. The van der Waals surface area contributed by atoms with Gasteiger partial charge in [0.25, 0.3) is 0 Å². The monoisotopic (exact) mass is 306 g/mol. The van der Waals surface area contributed by atoms with Crippen LogP contribution in [0.1, 0.15) is 25.5 Å². The molecule has 6 heteroatoms. The number of nitrogens with one attached hydrogen (secondary N) is 1. The van der Waals surface area contributed by atoms with Crippen molar-refractivity contribution in [3.63, 3.8) is 0 Å². The van der Waals surface area contributed by atoms with E-state index in [0.29, 0.717) is 13.1 Å². The Balaban J connectivity index is 1.77. The first-order valence-electron chi connectivity index (χ1n) is 7.05. The van der Waals surface area contributed by atoms with E-state index in [9.17, 15) is 4.79 Å². The Morgan fingerprint density at radius 1 is 1.52 bits per heavy atom. The van der Waals surface area contributed by atoms with E-state index < -0.39 is 0 Å². The Bertz CT molecular complexity index is 538. The molecule has 1 N–H and O–H groups in total. The summed E-state index contributed by atoms with van der Waals surface area (Å²) in [5.74, 6) is 0.0979. The summed E-state index contributed by atoms with van der Waals surface area (Å²) in [6, 6.07) is 4.33. The zero-order chi connectivity index (χ0) is 15.2. The van der Waals surface area contributed by atoms with Crippen LogP contribution in [0.15, 0.2) is 35.3 Å². The van der Waals surface area contributed by atoms with Crippen molar-refractivity contribution in [1.29, 1.82) is 0 Å². The minimum atomic E-state index is 0.0979. The summed E-state index contributed by atoms with van der Waals surface area (Å²) >= 11 is 1.65. The Kier molecular flexibility index (Phi) is 5.52. The number of likely N-dealkylation sites (N-methyl/N-ethyl adjacent to an activating group) is 1. The first-order valence-corrected chi connectivity index (χ1v) is 7.99. The average Bonchev–Trinajstić information content (AvgIpc) is 3.16. The van der Waals surface area contributed by atoms with Gasteiger partial charge in [-0.3, -0.25) is 9.48 Å². The minimum Gasteiger partial charge on any atom is -0.340 e. The van der Waals surface area contributed by atoms with Crippen molar-refractivity contribution >= 4 is 17.2 Å². The van der Waals surface area contributed by atoms with Crippen molar-refractivity contribution < 1.29 is 4.79 Å². The van der Waals surface area contributed by atoms with Gasteiger partial charge in [-0.1, -0.05) is 0 Å². The molecule has 0 fully saturated rings. The average molecular weight is 306 g/mol. The molecule has 2 atom stereocenters. The van der Waals surface area contributed by atoms with Gasteiger partial charge in [-0.2, -0.15) is 16.4 Å². The van der Waals surface area contributed by atoms with Gasteiger partial charge < -0.3 is 10.2 Å². The quantitative estimate of drug-likeness (QED) is 0.852. The predicted octanol–water partition coefficient (Wildman–Crippen LogP) is 2.14. The number of nitrogens with zero attached hydrogens (tertiary/aromatic N) is 3. The van der Waals surface area contributed by atoms with Crippen molar-refractivity contribution in [3.05, 3.63) is 40.8 Å². The van der Waals surface area contributed by atoms with Gasteiger partial charge in [-0.15, -0.1) is 0 Å². The molecule has 0 aliphatic heterocycles. The molecule has 0 radical (unpaired) electrons. The molecular formula is C15H22N4OS. The van der Waals surface area contributed by atoms with Gasteiger partial charge in [0.2, 0.25) is 5.91 Å². The maximum Gasteiger partial charge on any atom is 0.236 e. The summed E-state index contributed by atoms with van der Waals surface area (Å²) in [5, 5.41) is 11.6. The lowest BCUT2D eigenvalue weighted by Crippen LogP contribution is -2.41. The third-order valence-electron chi connectivity index (χ3n) is 3.67. The Hall–Kier alpha value is -1.66. The molecule has 0 aliphatic rings. The molecular weight excluding hydrogens is 284 g/mol. The highest BCUT2D eigenvalue weighted by atomic mass is 32.1. The second kappa shape index (κ2) is 7.38. The van der Waals surface area contributed by atoms with Crippen LogP contribution in [0.4, 0.5) is 0 Å². The maximum atomic E-state index is 12.1. The largest absolute Gasteiger partial charge is 0.340 e. The van der Waals surface area contributed by atoms with Crippen LogP contribution in [0.3, 0.4) is 0 Å². The van der Waals surface area contributed by atoms with Crippen molar-refractivity contribution in [2.24, 2.45) is 0 Å². The minimum absolute atomic E-state index is 0.0979. The van der Waals surface area contributed by atoms with Crippen LogP contribution in [0.25, 0.3) is 0 Å². The number of carbonyl (C=O) groups excluding carboxylic acids is 1. The van der Waals surface area contributed by atoms with Gasteiger partial charge in [0, 0.05) is 32.0 Å². The molecule has 1 amide bonds. The molecule has 114 valence electrons. The van der Waals surface area contributed by atoms with Crippen molar-refractivity contribution in [1.82, 2.24) is 20.0 Å². The number of carbonyl (C=O) groups is 1. The third-order valence-corrected chi connectivity index (χ3v) is 4.40. The van der Waals surface area contributed by atoms with E-state index in [0.717, 1.165) is 0 Å². The molecule has 2 rings (SSSR count). The molecule has 2 unspecified atom stereocenters. The van der Waals surface area contributed by atoms with E-state index in [4.69, 9.17) is 0 Å². The molecule has 0 aromatic carbocycles. The van der Waals surface area contributed by atoms with E-state index in [1.54, 1.807) is 22.4 Å². The zero-order valence-electron chi connectivity index (χ0n) is 12.7. The van der Waals surface area contributed by atoms with E-state index in [1.165, 1.54) is 5.56 Å². The number of aromatic nitrogens is 2. The number of amides is 1. The van der Waals surface area contributed by atoms with Crippen LogP contribution in [-0.2, 0) is 11.3 Å². The SMILES string of the molecule is CC(NCC(=O)N(C)Cc1ccsc1)C(C)n1cccn1. The summed E-state index contributed by atoms with van der Waals surface area (Å²) in [6.45, 7) is 5.16. The summed E-state index contributed by atoms with van der Waals surface area (Å²) < 4.78 is 1.90. The second-order valence-electron chi connectivity index (χ2n) is 5.28. The first-order chi connectivity index (χ1) is 10.1. The van der Waals surface area contributed by atoms with Gasteiger partial charge in [-0.25, -0.2) is 0 Å². The molecule has 2 heterocycles. The van der Waals surface area contributed by atoms with Gasteiger partial charge in [0.1, 0.15) is 0 Å². The fourth-order valence-electron chi connectivity index (χ4n) is 2.05. The van der Waals surface area contributed by atoms with Gasteiger partial charge in [0.05, 0.1) is 12.6 Å². The first kappa shape index (κ1) is 15.7. The zero-order valence-corrected chi connectivity index (χ0v) is 13.5. The number of hydrogen-bond acceptors (Lipinski definition) is 4. The Labute approximate surface area is 129 Å². The summed E-state index contributed by atoms with van der Waals surface area (Å²) in [7, 11) is 1.84. The van der Waals surface area contributed by atoms with E-state index in [-0.39, 0.29) is 18.0 Å². The van der Waals surface area contributed by atoms with Crippen LogP contribution in [0.5, 0.6) is 0 Å². The van der Waals surface area contributed by atoms with Crippen molar-refractivity contribution in [2.45, 2.75) is 32.5 Å². The van der Waals surface area contributed by atoms with Crippen LogP contribution in [0, 0.1) is 0 Å². The number of hydrogen-bond donors (Lipinski definition) is 1. The lowest BCUT2D eigenvalue weighted by molar-refractivity contribution is -0.129. The number of rotatable bonds is 7. The summed E-state index contributed by atoms with van der Waals surface area (Å²) in [5.41, 5.74) is 1.17. The van der Waals surface area contributed by atoms with Gasteiger partial charge in [-0.05, 0) is 42.3 Å². The lowest BCUT2D eigenvalue weighted by atomic mass is 10.2. The van der Waals surface area contributed by atoms with Crippen molar-refractivity contribution in [2.75, 3.05) is 13.6 Å².